The van der Waals surface area contributed by atoms with Gasteiger partial charge in [0.15, 0.2) is 5.60 Å². The van der Waals surface area contributed by atoms with E-state index in [4.69, 9.17) is 4.74 Å². The van der Waals surface area contributed by atoms with Crippen LogP contribution >= 0.6 is 0 Å². The van der Waals surface area contributed by atoms with Crippen LogP contribution in [0.1, 0.15) is 48.2 Å². The Morgan fingerprint density at radius 1 is 1.39 bits per heavy atom. The van der Waals surface area contributed by atoms with Gasteiger partial charge in [-0.2, -0.15) is 5.26 Å². The fourth-order valence-electron chi connectivity index (χ4n) is 2.59. The number of esters is 1. The molecule has 118 valence electrons. The van der Waals surface area contributed by atoms with Crippen molar-refractivity contribution in [2.24, 2.45) is 5.41 Å². The molecule has 5 heteroatoms. The zero-order valence-electron chi connectivity index (χ0n) is 13.3. The van der Waals surface area contributed by atoms with Gasteiger partial charge in [-0.25, -0.2) is 4.79 Å². The van der Waals surface area contributed by atoms with Gasteiger partial charge < -0.3 is 9.84 Å². The van der Waals surface area contributed by atoms with Gasteiger partial charge >= 0.3 is 11.9 Å². The van der Waals surface area contributed by atoms with Crippen molar-refractivity contribution in [2.75, 3.05) is 0 Å². The van der Waals surface area contributed by atoms with Crippen molar-refractivity contribution in [1.82, 2.24) is 0 Å². The second kappa shape index (κ2) is 5.78. The summed E-state index contributed by atoms with van der Waals surface area (Å²) in [5.41, 5.74) is -1.03. The van der Waals surface area contributed by atoms with Crippen molar-refractivity contribution in [2.45, 2.75) is 39.2 Å². The highest BCUT2D eigenvalue weighted by molar-refractivity contribution is 5.92. The van der Waals surface area contributed by atoms with Crippen LogP contribution in [0.25, 0.3) is 0 Å². The van der Waals surface area contributed by atoms with Crippen molar-refractivity contribution in [3.05, 3.63) is 34.9 Å². The first-order valence-electron chi connectivity index (χ1n) is 7.21. The van der Waals surface area contributed by atoms with Gasteiger partial charge in [0.2, 0.25) is 0 Å². The minimum absolute atomic E-state index is 0.118. The highest BCUT2D eigenvalue weighted by atomic mass is 16.6. The average Bonchev–Trinajstić information content (AvgIpc) is 3.25. The van der Waals surface area contributed by atoms with E-state index >= 15 is 0 Å². The van der Waals surface area contributed by atoms with E-state index in [0.717, 1.165) is 0 Å². The molecular formula is C18H17NO4. The Kier molecular flexibility index (Phi) is 4.16. The van der Waals surface area contributed by atoms with Gasteiger partial charge in [0, 0.05) is 12.5 Å². The smallest absolute Gasteiger partial charge is 0.337 e. The molecule has 1 fully saturated rings. The third kappa shape index (κ3) is 3.05. The molecule has 0 bridgehead atoms. The van der Waals surface area contributed by atoms with E-state index in [-0.39, 0.29) is 5.56 Å². The molecule has 0 unspecified atom stereocenters. The number of rotatable bonds is 3. The molecule has 2 rings (SSSR count). The predicted octanol–water partition coefficient (Wildman–Crippen LogP) is 2.67. The lowest BCUT2D eigenvalue weighted by atomic mass is 9.86. The Hall–Kier alpha value is -2.79. The largest absolute Gasteiger partial charge is 0.478 e. The van der Waals surface area contributed by atoms with Crippen molar-refractivity contribution in [3.8, 4) is 17.9 Å². The molecule has 23 heavy (non-hydrogen) atoms. The number of hydrogen-bond acceptors (Lipinski definition) is 4. The summed E-state index contributed by atoms with van der Waals surface area (Å²) in [5.74, 6) is 4.05. The van der Waals surface area contributed by atoms with Gasteiger partial charge in [-0.3, -0.25) is 4.79 Å². The maximum absolute atomic E-state index is 11.4. The minimum Gasteiger partial charge on any atom is -0.478 e. The Bertz CT molecular complexity index is 774. The molecule has 0 radical (unpaired) electrons. The standard InChI is InChI=1S/C18H17NO4/c1-12-5-4-6-14(15(12)16(21)22)7-8-17(3,23-13(2)20)18(11-19)9-10-18/h4-6H,9-10H2,1-3H3,(H,21,22)/t17-/m0/s1. The molecular weight excluding hydrogens is 294 g/mol. The molecule has 0 heterocycles. The summed E-state index contributed by atoms with van der Waals surface area (Å²) in [6.45, 7) is 4.56. The predicted molar refractivity (Wildman–Crippen MR) is 82.5 cm³/mol. The number of carbonyl (C=O) groups excluding carboxylic acids is 1. The molecule has 0 aliphatic heterocycles. The van der Waals surface area contributed by atoms with E-state index in [0.29, 0.717) is 24.0 Å². The lowest BCUT2D eigenvalue weighted by Gasteiger charge is -2.28. The number of carboxylic acids is 1. The number of carbonyl (C=O) groups is 2. The summed E-state index contributed by atoms with van der Waals surface area (Å²) < 4.78 is 5.33. The zero-order chi connectivity index (χ0) is 17.3. The fraction of sp³-hybridized carbons (Fsp3) is 0.389. The third-order valence-corrected chi connectivity index (χ3v) is 4.15. The zero-order valence-corrected chi connectivity index (χ0v) is 13.3. The first-order chi connectivity index (χ1) is 10.7. The van der Waals surface area contributed by atoms with E-state index in [9.17, 15) is 20.0 Å². The van der Waals surface area contributed by atoms with Gasteiger partial charge in [0.25, 0.3) is 0 Å². The summed E-state index contributed by atoms with van der Waals surface area (Å²) in [7, 11) is 0. The van der Waals surface area contributed by atoms with Crippen LogP contribution in [0.4, 0.5) is 0 Å². The summed E-state index contributed by atoms with van der Waals surface area (Å²) in [6, 6.07) is 7.19. The van der Waals surface area contributed by atoms with Crippen LogP contribution in [-0.4, -0.2) is 22.6 Å². The SMILES string of the molecule is CC(=O)O[C@@](C)(C#Cc1cccc(C)c1C(=O)O)C1(C#N)CC1. The van der Waals surface area contributed by atoms with Crippen LogP contribution in [-0.2, 0) is 9.53 Å². The number of aryl methyl sites for hydroxylation is 1. The Balaban J connectivity index is 2.50. The topological polar surface area (TPSA) is 87.4 Å². The first kappa shape index (κ1) is 16.6. The molecule has 0 aromatic heterocycles. The van der Waals surface area contributed by atoms with Crippen molar-refractivity contribution < 1.29 is 19.4 Å². The van der Waals surface area contributed by atoms with Crippen LogP contribution < -0.4 is 0 Å². The number of benzene rings is 1. The summed E-state index contributed by atoms with van der Waals surface area (Å²) in [5, 5.41) is 18.7. The lowest BCUT2D eigenvalue weighted by Crippen LogP contribution is -2.39. The van der Waals surface area contributed by atoms with Crippen LogP contribution in [0.5, 0.6) is 0 Å². The molecule has 1 aliphatic rings. The number of aromatic carboxylic acids is 1. The summed E-state index contributed by atoms with van der Waals surface area (Å²) in [4.78, 5) is 22.8. The van der Waals surface area contributed by atoms with Gasteiger partial charge in [-0.1, -0.05) is 18.1 Å². The van der Waals surface area contributed by atoms with Crippen LogP contribution in [0.3, 0.4) is 0 Å². The lowest BCUT2D eigenvalue weighted by molar-refractivity contribution is -0.153. The number of hydrogen-bond donors (Lipinski definition) is 1. The van der Waals surface area contributed by atoms with E-state index in [1.807, 2.05) is 0 Å². The van der Waals surface area contributed by atoms with Crippen molar-refractivity contribution in [3.63, 3.8) is 0 Å². The maximum Gasteiger partial charge on any atom is 0.337 e. The Morgan fingerprint density at radius 2 is 2.04 bits per heavy atom. The van der Waals surface area contributed by atoms with Crippen LogP contribution in [0, 0.1) is 35.5 Å². The maximum atomic E-state index is 11.4. The normalized spacial score (nSPS) is 17.0. The Morgan fingerprint density at radius 3 is 2.52 bits per heavy atom. The van der Waals surface area contributed by atoms with Crippen molar-refractivity contribution in [1.29, 1.82) is 5.26 Å². The number of ether oxygens (including phenoxy) is 1. The quantitative estimate of drug-likeness (QED) is 0.685. The molecule has 1 atom stereocenters. The van der Waals surface area contributed by atoms with Crippen molar-refractivity contribution >= 4 is 11.9 Å². The molecule has 1 aromatic rings. The highest BCUT2D eigenvalue weighted by Crippen LogP contribution is 2.55. The van der Waals surface area contributed by atoms with Gasteiger partial charge in [0.05, 0.1) is 11.6 Å². The van der Waals surface area contributed by atoms with E-state index < -0.39 is 23.0 Å². The molecule has 0 saturated heterocycles. The second-order valence-electron chi connectivity index (χ2n) is 5.87. The number of carboxylic acid groups (broad SMARTS) is 1. The Labute approximate surface area is 134 Å². The number of nitriles is 1. The molecule has 1 saturated carbocycles. The van der Waals surface area contributed by atoms with E-state index in [1.165, 1.54) is 6.92 Å². The highest BCUT2D eigenvalue weighted by Gasteiger charge is 2.60. The number of nitrogens with zero attached hydrogens (tertiary/aromatic N) is 1. The molecule has 1 N–H and O–H groups in total. The van der Waals surface area contributed by atoms with Gasteiger partial charge in [-0.15, -0.1) is 0 Å². The minimum atomic E-state index is -1.26. The van der Waals surface area contributed by atoms with E-state index in [1.54, 1.807) is 32.0 Å². The second-order valence-corrected chi connectivity index (χ2v) is 5.87. The fourth-order valence-corrected chi connectivity index (χ4v) is 2.59. The van der Waals surface area contributed by atoms with E-state index in [2.05, 4.69) is 17.9 Å². The summed E-state index contributed by atoms with van der Waals surface area (Å²) >= 11 is 0. The van der Waals surface area contributed by atoms with Crippen LogP contribution in [0.2, 0.25) is 0 Å². The monoisotopic (exact) mass is 311 g/mol. The van der Waals surface area contributed by atoms with Gasteiger partial charge in [-0.05, 0) is 44.2 Å². The van der Waals surface area contributed by atoms with Crippen LogP contribution in [0.15, 0.2) is 18.2 Å². The molecule has 1 aliphatic carbocycles. The molecule has 0 spiro atoms. The molecule has 0 amide bonds. The average molecular weight is 311 g/mol. The first-order valence-corrected chi connectivity index (χ1v) is 7.21. The van der Waals surface area contributed by atoms with Gasteiger partial charge in [0.1, 0.15) is 5.41 Å². The molecule has 1 aromatic carbocycles. The summed E-state index contributed by atoms with van der Waals surface area (Å²) in [6.07, 6.45) is 1.20. The third-order valence-electron chi connectivity index (χ3n) is 4.15. The molecule has 5 nitrogen and oxygen atoms in total.